The van der Waals surface area contributed by atoms with E-state index in [1.54, 1.807) is 0 Å². The largest absolute Gasteiger partial charge is 0.359 e. The molecular weight excluding hydrogens is 138 g/mol. The average Bonchev–Trinajstić information content (AvgIpc) is 1.84. The molecule has 1 aliphatic rings. The van der Waals surface area contributed by atoms with Crippen molar-refractivity contribution in [2.24, 2.45) is 0 Å². The van der Waals surface area contributed by atoms with E-state index in [2.05, 4.69) is 9.05 Å². The molecule has 1 aliphatic heterocycles. The monoisotopic (exact) mass is 142 g/mol. The van der Waals surface area contributed by atoms with Crippen molar-refractivity contribution in [3.05, 3.63) is 0 Å². The molecule has 42 valence electrons. The fourth-order valence-corrected chi connectivity index (χ4v) is 1.40. The van der Waals surface area contributed by atoms with Gasteiger partial charge in [-0.15, -0.1) is 4.89 Å². The van der Waals surface area contributed by atoms with Crippen LogP contribution in [-0.4, -0.2) is 13.2 Å². The third-order valence-electron chi connectivity index (χ3n) is 0.574. The van der Waals surface area contributed by atoms with Crippen LogP contribution in [0.3, 0.4) is 0 Å². The predicted octanol–water partition coefficient (Wildman–Crippen LogP) is 1.38. The quantitative estimate of drug-likeness (QED) is 0.479. The highest BCUT2D eigenvalue weighted by Gasteiger charge is 2.31. The van der Waals surface area contributed by atoms with Gasteiger partial charge < -0.3 is 9.05 Å². The Morgan fingerprint density at radius 1 is 1.43 bits per heavy atom. The van der Waals surface area contributed by atoms with Crippen LogP contribution in [-0.2, 0) is 13.9 Å². The number of rotatable bonds is 0. The van der Waals surface area contributed by atoms with Crippen molar-refractivity contribution < 1.29 is 13.9 Å². The Hall–Kier alpha value is 0.600. The summed E-state index contributed by atoms with van der Waals surface area (Å²) in [6, 6.07) is 0. The zero-order chi connectivity index (χ0) is 5.33. The molecule has 0 amide bonds. The molecule has 7 heavy (non-hydrogen) atoms. The first kappa shape index (κ1) is 5.73. The van der Waals surface area contributed by atoms with E-state index < -0.39 is 7.30 Å². The summed E-state index contributed by atoms with van der Waals surface area (Å²) in [5.74, 6) is 0. The minimum atomic E-state index is -3.07. The number of halogens is 1. The fourth-order valence-electron chi connectivity index (χ4n) is 0.330. The van der Waals surface area contributed by atoms with Crippen molar-refractivity contribution in [1.29, 1.82) is 0 Å². The van der Waals surface area contributed by atoms with Gasteiger partial charge in [-0.05, 0) is 11.2 Å². The minimum Gasteiger partial charge on any atom is -0.304 e. The molecule has 0 saturated carbocycles. The van der Waals surface area contributed by atoms with E-state index in [4.69, 9.17) is 11.2 Å². The first-order valence-electron chi connectivity index (χ1n) is 1.79. The van der Waals surface area contributed by atoms with E-state index in [0.717, 1.165) is 0 Å². The standard InChI is InChI=1S/C2H4ClO3P/c3-7(4)5-1-2-6-7/h1-2H2. The molecule has 0 spiro atoms. The molecule has 0 atom stereocenters. The maximum Gasteiger partial charge on any atom is 0.359 e. The Labute approximate surface area is 46.6 Å². The molecular formula is C2H4ClO3P. The molecule has 0 bridgehead atoms. The van der Waals surface area contributed by atoms with Gasteiger partial charge in [0.25, 0.3) is 0 Å². The van der Waals surface area contributed by atoms with Crippen LogP contribution in [0.25, 0.3) is 0 Å². The number of hydrogen-bond donors (Lipinski definition) is 0. The van der Waals surface area contributed by atoms with Crippen molar-refractivity contribution in [3.8, 4) is 0 Å². The summed E-state index contributed by atoms with van der Waals surface area (Å²) in [5.41, 5.74) is 0. The molecule has 1 saturated heterocycles. The third-order valence-corrected chi connectivity index (χ3v) is 2.14. The lowest BCUT2D eigenvalue weighted by Gasteiger charge is -2.05. The number of hydrogen-bond acceptors (Lipinski definition) is 2. The van der Waals surface area contributed by atoms with Crippen molar-refractivity contribution in [2.45, 2.75) is 0 Å². The zero-order valence-corrected chi connectivity index (χ0v) is 5.11. The molecule has 2 radical (unpaired) electrons. The van der Waals surface area contributed by atoms with E-state index in [9.17, 15) is 4.89 Å². The lowest BCUT2D eigenvalue weighted by Crippen LogP contribution is -1.79. The Kier molecular flexibility index (Phi) is 1.51. The van der Waals surface area contributed by atoms with Gasteiger partial charge in [-0.2, -0.15) is 0 Å². The Balaban J connectivity index is 2.40. The molecule has 5 heteroatoms. The summed E-state index contributed by atoms with van der Waals surface area (Å²) in [6.45, 7) is 0.696. The lowest BCUT2D eigenvalue weighted by atomic mass is 10.8. The van der Waals surface area contributed by atoms with E-state index in [1.165, 1.54) is 0 Å². The Bertz CT molecular complexity index is 67.3. The molecule has 1 fully saturated rings. The van der Waals surface area contributed by atoms with Gasteiger partial charge in [0.2, 0.25) is 0 Å². The van der Waals surface area contributed by atoms with E-state index in [-0.39, 0.29) is 0 Å². The summed E-state index contributed by atoms with van der Waals surface area (Å²) in [5, 5.41) is 0. The van der Waals surface area contributed by atoms with Gasteiger partial charge in [-0.1, -0.05) is 0 Å². The SMILES string of the molecule is [O][P]1(Cl)OCCO1. The molecule has 0 unspecified atom stereocenters. The van der Waals surface area contributed by atoms with Gasteiger partial charge in [0.15, 0.2) is 0 Å². The molecule has 0 aliphatic carbocycles. The van der Waals surface area contributed by atoms with Gasteiger partial charge in [0.05, 0.1) is 13.2 Å². The normalized spacial score (nSPS) is 28.3. The van der Waals surface area contributed by atoms with E-state index in [0.29, 0.717) is 13.2 Å². The van der Waals surface area contributed by atoms with Crippen molar-refractivity contribution in [3.63, 3.8) is 0 Å². The van der Waals surface area contributed by atoms with Crippen LogP contribution in [0, 0.1) is 0 Å². The van der Waals surface area contributed by atoms with Gasteiger partial charge in [0.1, 0.15) is 0 Å². The summed E-state index contributed by atoms with van der Waals surface area (Å²) >= 11 is 5.08. The van der Waals surface area contributed by atoms with Crippen LogP contribution >= 0.6 is 18.5 Å². The first-order chi connectivity index (χ1) is 3.21. The van der Waals surface area contributed by atoms with Crippen LogP contribution in [0.2, 0.25) is 0 Å². The van der Waals surface area contributed by atoms with E-state index in [1.807, 2.05) is 0 Å². The van der Waals surface area contributed by atoms with Crippen LogP contribution in [0.1, 0.15) is 0 Å². The van der Waals surface area contributed by atoms with Crippen LogP contribution < -0.4 is 0 Å². The lowest BCUT2D eigenvalue weighted by molar-refractivity contribution is 0.290. The highest BCUT2D eigenvalue weighted by molar-refractivity contribution is 7.86. The highest BCUT2D eigenvalue weighted by Crippen LogP contribution is 2.65. The smallest absolute Gasteiger partial charge is 0.304 e. The Morgan fingerprint density at radius 2 is 1.86 bits per heavy atom. The minimum absolute atomic E-state index is 0.348. The molecule has 1 heterocycles. The van der Waals surface area contributed by atoms with E-state index >= 15 is 0 Å². The second kappa shape index (κ2) is 1.84. The second-order valence-electron chi connectivity index (χ2n) is 1.10. The molecule has 3 nitrogen and oxygen atoms in total. The summed E-state index contributed by atoms with van der Waals surface area (Å²) < 4.78 is 8.88. The highest BCUT2D eigenvalue weighted by atomic mass is 35.7. The topological polar surface area (TPSA) is 38.4 Å². The molecule has 0 aromatic carbocycles. The average molecular weight is 142 g/mol. The Morgan fingerprint density at radius 3 is 2.00 bits per heavy atom. The predicted molar refractivity (Wildman–Crippen MR) is 25.4 cm³/mol. The first-order valence-corrected chi connectivity index (χ1v) is 4.24. The van der Waals surface area contributed by atoms with Gasteiger partial charge in [-0.3, -0.25) is 0 Å². The second-order valence-corrected chi connectivity index (χ2v) is 3.72. The van der Waals surface area contributed by atoms with Gasteiger partial charge in [0, 0.05) is 0 Å². The van der Waals surface area contributed by atoms with Gasteiger partial charge in [-0.25, -0.2) is 0 Å². The third kappa shape index (κ3) is 1.52. The van der Waals surface area contributed by atoms with Gasteiger partial charge >= 0.3 is 7.30 Å². The zero-order valence-electron chi connectivity index (χ0n) is 3.46. The van der Waals surface area contributed by atoms with Crippen LogP contribution in [0.5, 0.6) is 0 Å². The fraction of sp³-hybridized carbons (Fsp3) is 1.00. The van der Waals surface area contributed by atoms with Crippen molar-refractivity contribution in [1.82, 2.24) is 0 Å². The molecule has 0 N–H and O–H groups in total. The van der Waals surface area contributed by atoms with Crippen molar-refractivity contribution in [2.75, 3.05) is 13.2 Å². The molecule has 0 aromatic rings. The summed E-state index contributed by atoms with van der Waals surface area (Å²) in [4.78, 5) is 10.3. The maximum atomic E-state index is 10.3. The summed E-state index contributed by atoms with van der Waals surface area (Å²) in [6.07, 6.45) is 0. The molecule has 0 aromatic heterocycles. The van der Waals surface area contributed by atoms with Crippen LogP contribution in [0.15, 0.2) is 0 Å². The van der Waals surface area contributed by atoms with Crippen LogP contribution in [0.4, 0.5) is 0 Å². The van der Waals surface area contributed by atoms with Crippen molar-refractivity contribution >= 4 is 18.5 Å². The maximum absolute atomic E-state index is 10.3. The summed E-state index contributed by atoms with van der Waals surface area (Å²) in [7, 11) is -3.07. The molecule has 1 rings (SSSR count).